The molecule has 1 atom stereocenters. The summed E-state index contributed by atoms with van der Waals surface area (Å²) in [4.78, 5) is 13.2. The molecule has 0 spiro atoms. The quantitative estimate of drug-likeness (QED) is 0.610. The number of fused-ring (bicyclic) bond motifs is 1. The van der Waals surface area contributed by atoms with Gasteiger partial charge in [-0.05, 0) is 41.5 Å². The van der Waals surface area contributed by atoms with Gasteiger partial charge in [-0.25, -0.2) is 0 Å². The average Bonchev–Trinajstić information content (AvgIpc) is 2.75. The fourth-order valence-electron chi connectivity index (χ4n) is 3.19. The Bertz CT molecular complexity index is 1060. The van der Waals surface area contributed by atoms with Crippen molar-refractivity contribution in [3.63, 3.8) is 0 Å². The number of carbonyl (C=O) groups is 1. The summed E-state index contributed by atoms with van der Waals surface area (Å²) in [7, 11) is 0. The Hall–Kier alpha value is -3.84. The van der Waals surface area contributed by atoms with E-state index >= 15 is 0 Å². The van der Waals surface area contributed by atoms with Crippen LogP contribution >= 0.6 is 0 Å². The van der Waals surface area contributed by atoms with Crippen LogP contribution in [-0.2, 0) is 0 Å². The zero-order valence-corrected chi connectivity index (χ0v) is 15.0. The third-order valence-corrected chi connectivity index (χ3v) is 4.53. The first-order valence-electron chi connectivity index (χ1n) is 8.93. The van der Waals surface area contributed by atoms with Gasteiger partial charge in [0.05, 0.1) is 5.56 Å². The highest BCUT2D eigenvalue weighted by Crippen LogP contribution is 2.39. The van der Waals surface area contributed by atoms with E-state index < -0.39 is 6.10 Å². The van der Waals surface area contributed by atoms with Gasteiger partial charge in [-0.3, -0.25) is 4.79 Å². The second-order valence-corrected chi connectivity index (χ2v) is 6.35. The molecule has 0 amide bonds. The number of carbonyl (C=O) groups excluding carboxylic acids is 1. The number of ether oxygens (including phenoxy) is 2. The molecule has 3 aromatic carbocycles. The molecule has 1 heterocycles. The number of hydrogen-bond donors (Lipinski definition) is 0. The minimum absolute atomic E-state index is 0.000370. The van der Waals surface area contributed by atoms with Crippen LogP contribution in [-0.4, -0.2) is 12.4 Å². The number of nitriles is 1. The van der Waals surface area contributed by atoms with Crippen molar-refractivity contribution in [2.75, 3.05) is 6.61 Å². The number of Topliss-reactive ketones (excluding diaryl/α,β-unsaturated/α-hetero) is 1. The summed E-state index contributed by atoms with van der Waals surface area (Å²) in [6.07, 6.45) is 1.38. The van der Waals surface area contributed by atoms with Gasteiger partial charge in [0.15, 0.2) is 18.5 Å². The van der Waals surface area contributed by atoms with E-state index in [-0.39, 0.29) is 12.4 Å². The Kier molecular flexibility index (Phi) is 4.90. The standard InChI is InChI=1S/C24H17NO3/c25-14-15-27-19-12-10-17(11-13-19)16-21-23(26)20-8-4-5-9-22(20)28-24(21)18-6-2-1-3-7-18/h1-13,16,24H,15H2/b21-16-/t24-/m1/s1. The van der Waals surface area contributed by atoms with E-state index in [0.29, 0.717) is 22.6 Å². The zero-order chi connectivity index (χ0) is 19.3. The van der Waals surface area contributed by atoms with Crippen LogP contribution in [0.25, 0.3) is 6.08 Å². The summed E-state index contributed by atoms with van der Waals surface area (Å²) in [6, 6.07) is 26.2. The van der Waals surface area contributed by atoms with Crippen molar-refractivity contribution in [2.45, 2.75) is 6.10 Å². The summed E-state index contributed by atoms with van der Waals surface area (Å²) >= 11 is 0. The van der Waals surface area contributed by atoms with Crippen LogP contribution in [0.2, 0.25) is 0 Å². The number of hydrogen-bond acceptors (Lipinski definition) is 4. The van der Waals surface area contributed by atoms with Crippen molar-refractivity contribution in [3.05, 3.63) is 101 Å². The summed E-state index contributed by atoms with van der Waals surface area (Å²) in [5.74, 6) is 1.17. The molecule has 4 rings (SSSR count). The summed E-state index contributed by atoms with van der Waals surface area (Å²) in [5, 5.41) is 8.61. The maximum absolute atomic E-state index is 13.2. The topological polar surface area (TPSA) is 59.3 Å². The first-order valence-corrected chi connectivity index (χ1v) is 8.93. The SMILES string of the molecule is N#CCOc1ccc(/C=C2/C(=O)c3ccccc3O[C@@H]2c2ccccc2)cc1. The molecule has 4 heteroatoms. The van der Waals surface area contributed by atoms with Crippen molar-refractivity contribution in [2.24, 2.45) is 0 Å². The number of para-hydroxylation sites is 1. The third-order valence-electron chi connectivity index (χ3n) is 4.53. The molecule has 1 aliphatic heterocycles. The molecule has 136 valence electrons. The van der Waals surface area contributed by atoms with Crippen LogP contribution in [0.3, 0.4) is 0 Å². The molecular formula is C24H17NO3. The minimum Gasteiger partial charge on any atom is -0.480 e. The maximum Gasteiger partial charge on any atom is 0.196 e. The number of rotatable bonds is 4. The number of ketones is 1. The van der Waals surface area contributed by atoms with Crippen molar-refractivity contribution >= 4 is 11.9 Å². The zero-order valence-electron chi connectivity index (χ0n) is 15.0. The first kappa shape index (κ1) is 17.6. The molecule has 0 saturated heterocycles. The number of nitrogens with zero attached hydrogens (tertiary/aromatic N) is 1. The van der Waals surface area contributed by atoms with Crippen molar-refractivity contribution < 1.29 is 14.3 Å². The number of benzene rings is 3. The molecular weight excluding hydrogens is 350 g/mol. The molecule has 0 bridgehead atoms. The molecule has 28 heavy (non-hydrogen) atoms. The molecule has 0 saturated carbocycles. The van der Waals surface area contributed by atoms with Gasteiger partial charge in [-0.1, -0.05) is 54.6 Å². The molecule has 0 aromatic heterocycles. The Labute approximate surface area is 163 Å². The molecule has 3 aromatic rings. The molecule has 0 radical (unpaired) electrons. The van der Waals surface area contributed by atoms with Gasteiger partial charge in [0.1, 0.15) is 17.6 Å². The average molecular weight is 367 g/mol. The molecule has 0 N–H and O–H groups in total. The smallest absolute Gasteiger partial charge is 0.196 e. The van der Waals surface area contributed by atoms with E-state index in [1.807, 2.05) is 72.8 Å². The fourth-order valence-corrected chi connectivity index (χ4v) is 3.19. The summed E-state index contributed by atoms with van der Waals surface area (Å²) in [5.41, 5.74) is 2.92. The second-order valence-electron chi connectivity index (χ2n) is 6.35. The van der Waals surface area contributed by atoms with Crippen LogP contribution in [0.1, 0.15) is 27.6 Å². The van der Waals surface area contributed by atoms with E-state index in [0.717, 1.165) is 11.1 Å². The van der Waals surface area contributed by atoms with Crippen LogP contribution in [0.15, 0.2) is 84.4 Å². The van der Waals surface area contributed by atoms with Gasteiger partial charge in [0, 0.05) is 5.57 Å². The summed E-state index contributed by atoms with van der Waals surface area (Å²) in [6.45, 7) is -0.000370. The van der Waals surface area contributed by atoms with Crippen molar-refractivity contribution in [1.29, 1.82) is 5.26 Å². The lowest BCUT2D eigenvalue weighted by Gasteiger charge is -2.28. The van der Waals surface area contributed by atoms with Gasteiger partial charge in [0.25, 0.3) is 0 Å². The Morgan fingerprint density at radius 2 is 1.68 bits per heavy atom. The Balaban J connectivity index is 1.74. The molecule has 0 aliphatic carbocycles. The maximum atomic E-state index is 13.2. The van der Waals surface area contributed by atoms with Crippen molar-refractivity contribution in [3.8, 4) is 17.6 Å². The normalized spacial score (nSPS) is 16.8. The molecule has 0 fully saturated rings. The van der Waals surface area contributed by atoms with Gasteiger partial charge in [0.2, 0.25) is 0 Å². The largest absolute Gasteiger partial charge is 0.480 e. The lowest BCUT2D eigenvalue weighted by Crippen LogP contribution is -2.23. The van der Waals surface area contributed by atoms with Gasteiger partial charge >= 0.3 is 0 Å². The van der Waals surface area contributed by atoms with Crippen LogP contribution in [0.5, 0.6) is 11.5 Å². The third kappa shape index (κ3) is 3.51. The van der Waals surface area contributed by atoms with Gasteiger partial charge in [-0.2, -0.15) is 5.26 Å². The van der Waals surface area contributed by atoms with Crippen LogP contribution in [0, 0.1) is 11.3 Å². The van der Waals surface area contributed by atoms with E-state index in [1.54, 1.807) is 18.2 Å². The highest BCUT2D eigenvalue weighted by atomic mass is 16.5. The van der Waals surface area contributed by atoms with Crippen molar-refractivity contribution in [1.82, 2.24) is 0 Å². The predicted molar refractivity (Wildman–Crippen MR) is 106 cm³/mol. The van der Waals surface area contributed by atoms with E-state index in [1.165, 1.54) is 0 Å². The lowest BCUT2D eigenvalue weighted by molar-refractivity contribution is 0.0963. The summed E-state index contributed by atoms with van der Waals surface area (Å²) < 4.78 is 11.5. The minimum atomic E-state index is -0.474. The molecule has 4 nitrogen and oxygen atoms in total. The first-order chi connectivity index (χ1) is 13.8. The van der Waals surface area contributed by atoms with E-state index in [4.69, 9.17) is 14.7 Å². The highest BCUT2D eigenvalue weighted by molar-refractivity contribution is 6.14. The second kappa shape index (κ2) is 7.81. The predicted octanol–water partition coefficient (Wildman–Crippen LogP) is 4.99. The monoisotopic (exact) mass is 367 g/mol. The highest BCUT2D eigenvalue weighted by Gasteiger charge is 2.32. The van der Waals surface area contributed by atoms with Crippen LogP contribution < -0.4 is 9.47 Å². The van der Waals surface area contributed by atoms with Gasteiger partial charge in [-0.15, -0.1) is 0 Å². The van der Waals surface area contributed by atoms with E-state index in [9.17, 15) is 4.79 Å². The lowest BCUT2D eigenvalue weighted by atomic mass is 9.89. The fraction of sp³-hybridized carbons (Fsp3) is 0.0833. The van der Waals surface area contributed by atoms with Gasteiger partial charge < -0.3 is 9.47 Å². The Morgan fingerprint density at radius 3 is 2.43 bits per heavy atom. The van der Waals surface area contributed by atoms with Crippen LogP contribution in [0.4, 0.5) is 0 Å². The molecule has 0 unspecified atom stereocenters. The molecule has 1 aliphatic rings. The Morgan fingerprint density at radius 1 is 0.964 bits per heavy atom. The van der Waals surface area contributed by atoms with E-state index in [2.05, 4.69) is 0 Å².